The number of benzene rings is 1. The Hall–Kier alpha value is -0.560. The molecule has 8 heteroatoms. The summed E-state index contributed by atoms with van der Waals surface area (Å²) in [4.78, 5) is 0. The lowest BCUT2D eigenvalue weighted by Crippen LogP contribution is -1.92. The molecule has 0 aliphatic carbocycles. The number of nitrogens with zero attached hydrogens (tertiary/aromatic N) is 2. The van der Waals surface area contributed by atoms with E-state index in [2.05, 4.69) is 42.1 Å². The monoisotopic (exact) mass is 426 g/mol. The van der Waals surface area contributed by atoms with Crippen LogP contribution in [-0.4, -0.2) is 17.3 Å². The van der Waals surface area contributed by atoms with Crippen LogP contribution >= 0.6 is 55.1 Å². The number of hydrogen-bond acceptors (Lipinski definition) is 4. The fourth-order valence-electron chi connectivity index (χ4n) is 1.27. The van der Waals surface area contributed by atoms with Crippen molar-refractivity contribution in [1.29, 1.82) is 0 Å². The average Bonchev–Trinajstić information content (AvgIpc) is 2.37. The summed E-state index contributed by atoms with van der Waals surface area (Å²) >= 11 is 18.4. The maximum Gasteiger partial charge on any atom is 0.194 e. The van der Waals surface area contributed by atoms with Gasteiger partial charge in [-0.2, -0.15) is 0 Å². The molecule has 0 amide bonds. The van der Waals surface area contributed by atoms with Crippen LogP contribution in [0.2, 0.25) is 10.3 Å². The number of hydrogen-bond donors (Lipinski definition) is 0. The van der Waals surface area contributed by atoms with E-state index in [4.69, 9.17) is 32.7 Å². The van der Waals surface area contributed by atoms with Crippen LogP contribution in [0.1, 0.15) is 0 Å². The molecule has 0 saturated carbocycles. The highest BCUT2D eigenvalue weighted by molar-refractivity contribution is 9.11. The fourth-order valence-corrected chi connectivity index (χ4v) is 2.43. The summed E-state index contributed by atoms with van der Waals surface area (Å²) in [5.41, 5.74) is 0. The summed E-state index contributed by atoms with van der Waals surface area (Å²) in [7, 11) is 1.58. The Morgan fingerprint density at radius 1 is 0.947 bits per heavy atom. The van der Waals surface area contributed by atoms with Crippen LogP contribution in [0.3, 0.4) is 0 Å². The van der Waals surface area contributed by atoms with E-state index in [9.17, 15) is 0 Å². The normalized spacial score (nSPS) is 10.4. The molecule has 4 nitrogen and oxygen atoms in total. The first kappa shape index (κ1) is 14.8. The lowest BCUT2D eigenvalue weighted by Gasteiger charge is -2.11. The van der Waals surface area contributed by atoms with E-state index in [0.29, 0.717) is 21.7 Å². The van der Waals surface area contributed by atoms with Crippen LogP contribution in [-0.2, 0) is 0 Å². The Bertz CT molecular complexity index is 626. The molecule has 0 fully saturated rings. The first-order valence-electron chi connectivity index (χ1n) is 4.91. The van der Waals surface area contributed by atoms with Crippen LogP contribution < -0.4 is 9.47 Å². The molecular formula is C11H6Br2Cl2N2O2. The van der Waals surface area contributed by atoms with Crippen LogP contribution in [0.4, 0.5) is 0 Å². The molecule has 100 valence electrons. The number of aromatic nitrogens is 2. The molecule has 1 aromatic carbocycles. The summed E-state index contributed by atoms with van der Waals surface area (Å²) in [6, 6.07) is 5.00. The second kappa shape index (κ2) is 6.26. The molecule has 0 aliphatic rings. The smallest absolute Gasteiger partial charge is 0.194 e. The van der Waals surface area contributed by atoms with E-state index in [1.165, 1.54) is 6.07 Å². The van der Waals surface area contributed by atoms with Gasteiger partial charge in [0.1, 0.15) is 11.5 Å². The highest BCUT2D eigenvalue weighted by atomic mass is 79.9. The molecule has 2 rings (SSSR count). The molecule has 0 bridgehead atoms. The van der Waals surface area contributed by atoms with Gasteiger partial charge >= 0.3 is 0 Å². The Kier molecular flexibility index (Phi) is 4.89. The van der Waals surface area contributed by atoms with Crippen molar-refractivity contribution in [2.75, 3.05) is 7.11 Å². The molecule has 0 atom stereocenters. The molecule has 0 radical (unpaired) electrons. The van der Waals surface area contributed by atoms with Gasteiger partial charge in [-0.1, -0.05) is 23.2 Å². The minimum atomic E-state index is 0.128. The second-order valence-corrected chi connectivity index (χ2v) is 5.80. The van der Waals surface area contributed by atoms with Gasteiger partial charge in [0.2, 0.25) is 0 Å². The lowest BCUT2D eigenvalue weighted by molar-refractivity contribution is 0.409. The molecule has 0 N–H and O–H groups in total. The Morgan fingerprint density at radius 2 is 1.58 bits per heavy atom. The number of ether oxygens (including phenoxy) is 2. The molecule has 1 aromatic heterocycles. The van der Waals surface area contributed by atoms with Gasteiger partial charge in [0, 0.05) is 6.07 Å². The lowest BCUT2D eigenvalue weighted by atomic mass is 10.3. The first-order chi connectivity index (χ1) is 9.01. The first-order valence-corrected chi connectivity index (χ1v) is 7.25. The summed E-state index contributed by atoms with van der Waals surface area (Å²) in [5, 5.41) is 7.60. The number of rotatable bonds is 3. The van der Waals surface area contributed by atoms with E-state index in [0.717, 1.165) is 4.47 Å². The minimum absolute atomic E-state index is 0.128. The van der Waals surface area contributed by atoms with Crippen molar-refractivity contribution >= 4 is 55.1 Å². The van der Waals surface area contributed by atoms with E-state index >= 15 is 0 Å². The van der Waals surface area contributed by atoms with E-state index in [1.807, 2.05) is 0 Å². The van der Waals surface area contributed by atoms with Gasteiger partial charge in [0.05, 0.1) is 16.1 Å². The largest absolute Gasteiger partial charge is 0.496 e. The standard InChI is InChI=1S/C11H6Br2Cl2N2O2/c1-18-7-2-6(13)8(3-5(7)12)19-9-4-10(14)16-17-11(9)15/h2-4H,1H3. The predicted octanol–water partition coefficient (Wildman–Crippen LogP) is 5.11. The van der Waals surface area contributed by atoms with Crippen molar-refractivity contribution in [2.45, 2.75) is 0 Å². The summed E-state index contributed by atoms with van der Waals surface area (Å²) in [5.74, 6) is 1.54. The van der Waals surface area contributed by atoms with Crippen LogP contribution in [0, 0.1) is 0 Å². The van der Waals surface area contributed by atoms with Crippen LogP contribution in [0.5, 0.6) is 17.2 Å². The Balaban J connectivity index is 2.38. The fraction of sp³-hybridized carbons (Fsp3) is 0.0909. The van der Waals surface area contributed by atoms with Gasteiger partial charge in [-0.25, -0.2) is 0 Å². The van der Waals surface area contributed by atoms with E-state index in [1.54, 1.807) is 19.2 Å². The van der Waals surface area contributed by atoms with Crippen molar-refractivity contribution in [3.63, 3.8) is 0 Å². The van der Waals surface area contributed by atoms with Gasteiger partial charge in [-0.05, 0) is 44.0 Å². The average molecular weight is 429 g/mol. The third kappa shape index (κ3) is 3.51. The third-order valence-corrected chi connectivity index (χ3v) is 3.80. The zero-order valence-electron chi connectivity index (χ0n) is 9.45. The molecule has 0 spiro atoms. The zero-order valence-corrected chi connectivity index (χ0v) is 14.1. The molecule has 0 unspecified atom stereocenters. The number of halogens is 4. The van der Waals surface area contributed by atoms with E-state index in [-0.39, 0.29) is 10.3 Å². The Morgan fingerprint density at radius 3 is 2.26 bits per heavy atom. The van der Waals surface area contributed by atoms with Gasteiger partial charge in [-0.3, -0.25) is 0 Å². The summed E-state index contributed by atoms with van der Waals surface area (Å²) < 4.78 is 12.3. The maximum absolute atomic E-state index is 5.89. The van der Waals surface area contributed by atoms with Crippen molar-refractivity contribution in [2.24, 2.45) is 0 Å². The van der Waals surface area contributed by atoms with Gasteiger partial charge in [0.25, 0.3) is 0 Å². The highest BCUT2D eigenvalue weighted by Crippen LogP contribution is 2.39. The third-order valence-electron chi connectivity index (χ3n) is 2.11. The maximum atomic E-state index is 5.89. The quantitative estimate of drug-likeness (QED) is 0.681. The van der Waals surface area contributed by atoms with Gasteiger partial charge < -0.3 is 9.47 Å². The van der Waals surface area contributed by atoms with Crippen LogP contribution in [0.15, 0.2) is 27.1 Å². The predicted molar refractivity (Wildman–Crippen MR) is 80.5 cm³/mol. The molecule has 19 heavy (non-hydrogen) atoms. The second-order valence-electron chi connectivity index (χ2n) is 3.34. The summed E-state index contributed by atoms with van der Waals surface area (Å²) in [6.45, 7) is 0. The van der Waals surface area contributed by atoms with Crippen molar-refractivity contribution < 1.29 is 9.47 Å². The minimum Gasteiger partial charge on any atom is -0.496 e. The molecular weight excluding hydrogens is 423 g/mol. The van der Waals surface area contributed by atoms with Crippen molar-refractivity contribution in [1.82, 2.24) is 10.2 Å². The molecule has 2 aromatic rings. The molecule has 0 saturated heterocycles. The molecule has 1 heterocycles. The highest BCUT2D eigenvalue weighted by Gasteiger charge is 2.12. The zero-order chi connectivity index (χ0) is 14.0. The topological polar surface area (TPSA) is 44.2 Å². The number of methoxy groups -OCH3 is 1. The SMILES string of the molecule is COc1cc(Br)c(Oc2cc(Cl)nnc2Cl)cc1Br. The van der Waals surface area contributed by atoms with Crippen molar-refractivity contribution in [3.05, 3.63) is 37.5 Å². The van der Waals surface area contributed by atoms with Crippen molar-refractivity contribution in [3.8, 4) is 17.2 Å². The summed E-state index contributed by atoms with van der Waals surface area (Å²) in [6.07, 6.45) is 0. The van der Waals surface area contributed by atoms with Crippen LogP contribution in [0.25, 0.3) is 0 Å². The van der Waals surface area contributed by atoms with E-state index < -0.39 is 0 Å². The molecule has 0 aliphatic heterocycles. The van der Waals surface area contributed by atoms with Gasteiger partial charge in [-0.15, -0.1) is 10.2 Å². The Labute approximate surface area is 136 Å². The van der Waals surface area contributed by atoms with Gasteiger partial charge in [0.15, 0.2) is 16.1 Å².